The first-order chi connectivity index (χ1) is 6.97. The number of nitrogens with zero attached hydrogens (tertiary/aromatic N) is 2. The van der Waals surface area contributed by atoms with Crippen molar-refractivity contribution >= 4 is 5.82 Å². The largest absolute Gasteiger partial charge is 0.384 e. The van der Waals surface area contributed by atoms with Crippen molar-refractivity contribution in [1.29, 1.82) is 0 Å². The van der Waals surface area contributed by atoms with Gasteiger partial charge in [-0.1, -0.05) is 27.2 Å². The van der Waals surface area contributed by atoms with Crippen LogP contribution in [-0.2, 0) is 12.0 Å². The van der Waals surface area contributed by atoms with E-state index in [1.807, 2.05) is 10.7 Å². The van der Waals surface area contributed by atoms with Crippen molar-refractivity contribution in [3.8, 4) is 0 Å². The number of nitrogen functional groups attached to an aromatic ring is 1. The number of rotatable bonds is 2. The Kier molecular flexibility index (Phi) is 2.49. The lowest BCUT2D eigenvalue weighted by Gasteiger charge is -2.25. The Balaban J connectivity index is 2.13. The summed E-state index contributed by atoms with van der Waals surface area (Å²) in [7, 11) is 0. The third kappa shape index (κ3) is 2.16. The topological polar surface area (TPSA) is 43.8 Å². The Bertz CT molecular complexity index is 342. The van der Waals surface area contributed by atoms with Crippen molar-refractivity contribution in [2.75, 3.05) is 5.73 Å². The van der Waals surface area contributed by atoms with E-state index in [2.05, 4.69) is 25.9 Å². The molecule has 1 heterocycles. The van der Waals surface area contributed by atoms with Gasteiger partial charge in [-0.15, -0.1) is 0 Å². The van der Waals surface area contributed by atoms with Gasteiger partial charge >= 0.3 is 0 Å². The Morgan fingerprint density at radius 1 is 1.47 bits per heavy atom. The molecular weight excluding hydrogens is 186 g/mol. The molecule has 0 spiro atoms. The van der Waals surface area contributed by atoms with Crippen LogP contribution in [0, 0.1) is 5.92 Å². The fourth-order valence-electron chi connectivity index (χ4n) is 1.86. The average molecular weight is 207 g/mol. The zero-order valence-electron chi connectivity index (χ0n) is 9.95. The summed E-state index contributed by atoms with van der Waals surface area (Å²) in [5, 5.41) is 4.59. The molecule has 1 aliphatic rings. The first-order valence-electron chi connectivity index (χ1n) is 5.80. The van der Waals surface area contributed by atoms with Gasteiger partial charge in [0.1, 0.15) is 5.82 Å². The third-order valence-electron chi connectivity index (χ3n) is 3.24. The zero-order valence-corrected chi connectivity index (χ0v) is 9.95. The summed E-state index contributed by atoms with van der Waals surface area (Å²) in [6.07, 6.45) is 4.05. The molecule has 0 unspecified atom stereocenters. The van der Waals surface area contributed by atoms with Crippen LogP contribution in [0.4, 0.5) is 5.82 Å². The summed E-state index contributed by atoms with van der Waals surface area (Å²) in [6, 6.07) is 2.01. The van der Waals surface area contributed by atoms with Crippen molar-refractivity contribution < 1.29 is 0 Å². The highest BCUT2D eigenvalue weighted by Gasteiger charge is 2.22. The van der Waals surface area contributed by atoms with Gasteiger partial charge in [0.05, 0.1) is 5.69 Å². The third-order valence-corrected chi connectivity index (χ3v) is 3.24. The summed E-state index contributed by atoms with van der Waals surface area (Å²) >= 11 is 0. The molecule has 0 saturated heterocycles. The maximum atomic E-state index is 5.97. The fourth-order valence-corrected chi connectivity index (χ4v) is 1.86. The van der Waals surface area contributed by atoms with E-state index in [-0.39, 0.29) is 5.41 Å². The summed E-state index contributed by atoms with van der Waals surface area (Å²) in [6.45, 7) is 7.51. The first-order valence-corrected chi connectivity index (χ1v) is 5.80. The molecule has 0 aliphatic heterocycles. The van der Waals surface area contributed by atoms with Crippen molar-refractivity contribution in [3.05, 3.63) is 11.8 Å². The van der Waals surface area contributed by atoms with E-state index in [0.29, 0.717) is 0 Å². The fraction of sp³-hybridized carbons (Fsp3) is 0.750. The van der Waals surface area contributed by atoms with Gasteiger partial charge in [-0.2, -0.15) is 5.10 Å². The highest BCUT2D eigenvalue weighted by atomic mass is 15.3. The maximum absolute atomic E-state index is 5.97. The monoisotopic (exact) mass is 207 g/mol. The lowest BCUT2D eigenvalue weighted by atomic mass is 9.85. The molecule has 0 atom stereocenters. The van der Waals surface area contributed by atoms with Crippen LogP contribution in [0.5, 0.6) is 0 Å². The standard InChI is InChI=1S/C12H21N3/c1-12(2,3)10-7-11(13)15(14-10)8-9-5-4-6-9/h7,9H,4-6,8,13H2,1-3H3. The van der Waals surface area contributed by atoms with Gasteiger partial charge in [-0.3, -0.25) is 0 Å². The molecule has 1 fully saturated rings. The van der Waals surface area contributed by atoms with E-state index in [1.165, 1.54) is 19.3 Å². The molecular formula is C12H21N3. The number of aromatic nitrogens is 2. The Morgan fingerprint density at radius 3 is 2.53 bits per heavy atom. The quantitative estimate of drug-likeness (QED) is 0.810. The van der Waals surface area contributed by atoms with Gasteiger partial charge in [0.15, 0.2) is 0 Å². The van der Waals surface area contributed by atoms with E-state index in [1.54, 1.807) is 0 Å². The molecule has 0 bridgehead atoms. The normalized spacial score (nSPS) is 17.8. The molecule has 1 aromatic heterocycles. The summed E-state index contributed by atoms with van der Waals surface area (Å²) in [5.41, 5.74) is 7.16. The minimum absolute atomic E-state index is 0.0962. The number of anilines is 1. The van der Waals surface area contributed by atoms with Crippen LogP contribution >= 0.6 is 0 Å². The average Bonchev–Trinajstić information content (AvgIpc) is 2.39. The van der Waals surface area contributed by atoms with E-state index >= 15 is 0 Å². The second kappa shape index (κ2) is 3.54. The van der Waals surface area contributed by atoms with Gasteiger partial charge in [0, 0.05) is 18.0 Å². The maximum Gasteiger partial charge on any atom is 0.121 e. The lowest BCUT2D eigenvalue weighted by molar-refractivity contribution is 0.267. The molecule has 0 aromatic carbocycles. The van der Waals surface area contributed by atoms with E-state index in [9.17, 15) is 0 Å². The molecule has 0 radical (unpaired) electrons. The predicted molar refractivity (Wildman–Crippen MR) is 62.7 cm³/mol. The second-order valence-corrected chi connectivity index (χ2v) is 5.68. The minimum atomic E-state index is 0.0962. The molecule has 1 saturated carbocycles. The summed E-state index contributed by atoms with van der Waals surface area (Å²) in [4.78, 5) is 0. The number of hydrogen-bond acceptors (Lipinski definition) is 2. The molecule has 15 heavy (non-hydrogen) atoms. The van der Waals surface area contributed by atoms with Gasteiger partial charge in [-0.05, 0) is 18.8 Å². The molecule has 0 amide bonds. The SMILES string of the molecule is CC(C)(C)c1cc(N)n(CC2CCC2)n1. The van der Waals surface area contributed by atoms with Crippen LogP contribution in [0.25, 0.3) is 0 Å². The van der Waals surface area contributed by atoms with Crippen LogP contribution in [0.3, 0.4) is 0 Å². The smallest absolute Gasteiger partial charge is 0.121 e. The van der Waals surface area contributed by atoms with Crippen LogP contribution in [0.15, 0.2) is 6.07 Å². The Labute approximate surface area is 91.7 Å². The van der Waals surface area contributed by atoms with Crippen LogP contribution in [0.2, 0.25) is 0 Å². The molecule has 3 heteroatoms. The van der Waals surface area contributed by atoms with Crippen molar-refractivity contribution in [3.63, 3.8) is 0 Å². The van der Waals surface area contributed by atoms with Gasteiger partial charge in [-0.25, -0.2) is 4.68 Å². The molecule has 2 N–H and O–H groups in total. The Morgan fingerprint density at radius 2 is 2.13 bits per heavy atom. The Hall–Kier alpha value is -0.990. The van der Waals surface area contributed by atoms with Crippen LogP contribution < -0.4 is 5.73 Å². The van der Waals surface area contributed by atoms with Gasteiger partial charge in [0.25, 0.3) is 0 Å². The first kappa shape index (κ1) is 10.5. The van der Waals surface area contributed by atoms with E-state index in [0.717, 1.165) is 24.0 Å². The second-order valence-electron chi connectivity index (χ2n) is 5.68. The van der Waals surface area contributed by atoms with Gasteiger partial charge < -0.3 is 5.73 Å². The van der Waals surface area contributed by atoms with Crippen molar-refractivity contribution in [2.45, 2.75) is 52.0 Å². The highest BCUT2D eigenvalue weighted by molar-refractivity contribution is 5.33. The molecule has 84 valence electrons. The molecule has 2 rings (SSSR count). The highest BCUT2D eigenvalue weighted by Crippen LogP contribution is 2.29. The summed E-state index contributed by atoms with van der Waals surface area (Å²) in [5.74, 6) is 1.62. The predicted octanol–water partition coefficient (Wildman–Crippen LogP) is 2.56. The number of hydrogen-bond donors (Lipinski definition) is 1. The summed E-state index contributed by atoms with van der Waals surface area (Å²) < 4.78 is 1.98. The molecule has 3 nitrogen and oxygen atoms in total. The van der Waals surface area contributed by atoms with Crippen molar-refractivity contribution in [1.82, 2.24) is 9.78 Å². The van der Waals surface area contributed by atoms with Crippen LogP contribution in [-0.4, -0.2) is 9.78 Å². The van der Waals surface area contributed by atoms with E-state index < -0.39 is 0 Å². The number of nitrogens with two attached hydrogens (primary N) is 1. The molecule has 1 aliphatic carbocycles. The lowest BCUT2D eigenvalue weighted by Crippen LogP contribution is -2.20. The zero-order chi connectivity index (χ0) is 11.1. The minimum Gasteiger partial charge on any atom is -0.384 e. The van der Waals surface area contributed by atoms with Crippen molar-refractivity contribution in [2.24, 2.45) is 5.92 Å². The van der Waals surface area contributed by atoms with Crippen LogP contribution in [0.1, 0.15) is 45.7 Å². The van der Waals surface area contributed by atoms with Gasteiger partial charge in [0.2, 0.25) is 0 Å². The molecule has 1 aromatic rings. The van der Waals surface area contributed by atoms with E-state index in [4.69, 9.17) is 5.73 Å².